The zero-order valence-electron chi connectivity index (χ0n) is 20.3. The van der Waals surface area contributed by atoms with Crippen LogP contribution in [-0.2, 0) is 37.8 Å². The van der Waals surface area contributed by atoms with E-state index in [1.807, 2.05) is 31.0 Å². The van der Waals surface area contributed by atoms with Crippen LogP contribution >= 0.6 is 0 Å². The van der Waals surface area contributed by atoms with Crippen molar-refractivity contribution in [3.05, 3.63) is 46.0 Å². The van der Waals surface area contributed by atoms with E-state index in [1.54, 1.807) is 11.7 Å². The topological polar surface area (TPSA) is 80.1 Å². The fraction of sp³-hybridized carbons (Fsp3) is 0.615. The summed E-state index contributed by atoms with van der Waals surface area (Å²) in [6.45, 7) is 5.81. The van der Waals surface area contributed by atoms with Gasteiger partial charge in [0.25, 0.3) is 5.91 Å². The lowest BCUT2D eigenvalue weighted by atomic mass is 9.86. The lowest BCUT2D eigenvalue weighted by Crippen LogP contribution is -2.37. The second-order valence-corrected chi connectivity index (χ2v) is 9.61. The first-order valence-electron chi connectivity index (χ1n) is 12.5. The molecule has 0 radical (unpaired) electrons. The lowest BCUT2D eigenvalue weighted by Gasteiger charge is -2.31. The van der Waals surface area contributed by atoms with Gasteiger partial charge in [0.05, 0.1) is 5.69 Å². The highest BCUT2D eigenvalue weighted by molar-refractivity contribution is 5.92. The number of fused-ring (bicyclic) bond motifs is 1. The van der Waals surface area contributed by atoms with E-state index in [2.05, 4.69) is 15.4 Å². The molecular weight excluding hydrogens is 414 g/mol. The van der Waals surface area contributed by atoms with Crippen molar-refractivity contribution in [2.24, 2.45) is 13.0 Å². The predicted octanol–water partition coefficient (Wildman–Crippen LogP) is 3.86. The number of carbonyl (C=O) groups is 2. The van der Waals surface area contributed by atoms with Crippen molar-refractivity contribution in [3.63, 3.8) is 0 Å². The van der Waals surface area contributed by atoms with E-state index in [1.165, 1.54) is 37.7 Å². The summed E-state index contributed by atoms with van der Waals surface area (Å²) >= 11 is 0. The number of pyridine rings is 1. The first-order valence-corrected chi connectivity index (χ1v) is 12.5. The van der Waals surface area contributed by atoms with Crippen LogP contribution in [-0.4, -0.2) is 38.0 Å². The molecule has 1 aliphatic heterocycles. The molecule has 1 aliphatic carbocycles. The number of nitrogens with zero attached hydrogens (tertiary/aromatic N) is 4. The molecule has 1 saturated carbocycles. The molecule has 0 saturated heterocycles. The van der Waals surface area contributed by atoms with Crippen LogP contribution < -0.4 is 5.32 Å². The van der Waals surface area contributed by atoms with Gasteiger partial charge in [-0.15, -0.1) is 0 Å². The molecule has 2 aromatic rings. The van der Waals surface area contributed by atoms with E-state index in [-0.39, 0.29) is 11.8 Å². The summed E-state index contributed by atoms with van der Waals surface area (Å²) in [5.74, 6) is 0.869. The van der Waals surface area contributed by atoms with Gasteiger partial charge in [0.2, 0.25) is 5.91 Å². The molecule has 7 heteroatoms. The Morgan fingerprint density at radius 3 is 2.73 bits per heavy atom. The predicted molar refractivity (Wildman–Crippen MR) is 128 cm³/mol. The van der Waals surface area contributed by atoms with Crippen molar-refractivity contribution in [2.45, 2.75) is 84.7 Å². The second kappa shape index (κ2) is 10.5. The van der Waals surface area contributed by atoms with E-state index in [0.717, 1.165) is 54.2 Å². The highest BCUT2D eigenvalue weighted by Crippen LogP contribution is 2.29. The third-order valence-electron chi connectivity index (χ3n) is 7.39. The van der Waals surface area contributed by atoms with Gasteiger partial charge in [0, 0.05) is 45.0 Å². The van der Waals surface area contributed by atoms with Crippen LogP contribution in [0.25, 0.3) is 0 Å². The molecule has 4 rings (SSSR count). The fourth-order valence-electron chi connectivity index (χ4n) is 5.30. The summed E-state index contributed by atoms with van der Waals surface area (Å²) in [6.07, 6.45) is 11.8. The SMILES string of the molecule is CCc1cc(C(=O)NCc2c(C)ncc3c2CCN(C(=O)CCC2CCCCC2)C3)n(C)n1. The minimum Gasteiger partial charge on any atom is -0.347 e. The maximum atomic E-state index is 12.9. The second-order valence-electron chi connectivity index (χ2n) is 9.61. The van der Waals surface area contributed by atoms with Crippen molar-refractivity contribution in [1.29, 1.82) is 0 Å². The average molecular weight is 452 g/mol. The van der Waals surface area contributed by atoms with E-state index in [9.17, 15) is 9.59 Å². The van der Waals surface area contributed by atoms with E-state index in [0.29, 0.717) is 25.2 Å². The molecule has 0 bridgehead atoms. The van der Waals surface area contributed by atoms with Crippen molar-refractivity contribution >= 4 is 11.8 Å². The van der Waals surface area contributed by atoms with Gasteiger partial charge in [-0.05, 0) is 54.9 Å². The molecule has 0 atom stereocenters. The largest absolute Gasteiger partial charge is 0.347 e. The molecule has 7 nitrogen and oxygen atoms in total. The van der Waals surface area contributed by atoms with Gasteiger partial charge in [-0.2, -0.15) is 5.10 Å². The van der Waals surface area contributed by atoms with E-state index < -0.39 is 0 Å². The Morgan fingerprint density at radius 1 is 1.21 bits per heavy atom. The number of nitrogens with one attached hydrogen (secondary N) is 1. The quantitative estimate of drug-likeness (QED) is 0.693. The van der Waals surface area contributed by atoms with Crippen LogP contribution in [0.2, 0.25) is 0 Å². The highest BCUT2D eigenvalue weighted by atomic mass is 16.2. The third kappa shape index (κ3) is 5.45. The Morgan fingerprint density at radius 2 is 2.00 bits per heavy atom. The number of hydrogen-bond acceptors (Lipinski definition) is 4. The van der Waals surface area contributed by atoms with E-state index >= 15 is 0 Å². The Bertz CT molecular complexity index is 1010. The van der Waals surface area contributed by atoms with Crippen LogP contribution in [0.15, 0.2) is 12.3 Å². The Hall–Kier alpha value is -2.70. The summed E-state index contributed by atoms with van der Waals surface area (Å²) < 4.78 is 1.64. The molecule has 178 valence electrons. The van der Waals surface area contributed by atoms with Crippen LogP contribution in [0.5, 0.6) is 0 Å². The van der Waals surface area contributed by atoms with Gasteiger partial charge in [0.1, 0.15) is 5.69 Å². The summed E-state index contributed by atoms with van der Waals surface area (Å²) in [5.41, 5.74) is 5.83. The smallest absolute Gasteiger partial charge is 0.269 e. The zero-order valence-corrected chi connectivity index (χ0v) is 20.3. The monoisotopic (exact) mass is 451 g/mol. The minimum absolute atomic E-state index is 0.128. The number of aryl methyl sites for hydroxylation is 3. The summed E-state index contributed by atoms with van der Waals surface area (Å²) in [5, 5.41) is 7.42. The molecular formula is C26H37N5O2. The number of amides is 2. The normalized spacial score (nSPS) is 16.5. The van der Waals surface area contributed by atoms with Crippen molar-refractivity contribution in [1.82, 2.24) is 25.0 Å². The van der Waals surface area contributed by atoms with Crippen molar-refractivity contribution < 1.29 is 9.59 Å². The van der Waals surface area contributed by atoms with Crippen LogP contribution in [0.3, 0.4) is 0 Å². The van der Waals surface area contributed by atoms with Gasteiger partial charge >= 0.3 is 0 Å². The molecule has 2 aliphatic rings. The molecule has 2 aromatic heterocycles. The Labute approximate surface area is 197 Å². The van der Waals surface area contributed by atoms with E-state index in [4.69, 9.17) is 0 Å². The first-order chi connectivity index (χ1) is 16.0. The first kappa shape index (κ1) is 23.5. The fourth-order valence-corrected chi connectivity index (χ4v) is 5.30. The molecule has 0 aromatic carbocycles. The number of rotatable bonds is 7. The molecule has 33 heavy (non-hydrogen) atoms. The molecule has 1 fully saturated rings. The summed E-state index contributed by atoms with van der Waals surface area (Å²) in [7, 11) is 1.80. The van der Waals surface area contributed by atoms with Crippen LogP contribution in [0, 0.1) is 12.8 Å². The molecule has 1 N–H and O–H groups in total. The molecule has 2 amide bonds. The maximum absolute atomic E-state index is 12.9. The number of hydrogen-bond donors (Lipinski definition) is 1. The maximum Gasteiger partial charge on any atom is 0.269 e. The van der Waals surface area contributed by atoms with Crippen molar-refractivity contribution in [2.75, 3.05) is 6.54 Å². The number of carbonyl (C=O) groups excluding carboxylic acids is 2. The van der Waals surface area contributed by atoms with Crippen LogP contribution in [0.4, 0.5) is 0 Å². The molecule has 0 unspecified atom stereocenters. The number of aromatic nitrogens is 3. The standard InChI is InChI=1S/C26H37N5O2/c1-4-21-14-24(30(3)29-21)26(33)28-16-23-18(2)27-15-20-17-31(13-12-22(20)23)25(32)11-10-19-8-6-5-7-9-19/h14-15,19H,4-13,16-17H2,1-3H3,(H,28,33). The highest BCUT2D eigenvalue weighted by Gasteiger charge is 2.25. The Balaban J connectivity index is 1.38. The third-order valence-corrected chi connectivity index (χ3v) is 7.39. The molecule has 0 spiro atoms. The van der Waals surface area contributed by atoms with Gasteiger partial charge < -0.3 is 10.2 Å². The van der Waals surface area contributed by atoms with Gasteiger partial charge in [0.15, 0.2) is 0 Å². The lowest BCUT2D eigenvalue weighted by molar-refractivity contribution is -0.132. The Kier molecular flexibility index (Phi) is 7.46. The minimum atomic E-state index is -0.128. The zero-order chi connectivity index (χ0) is 23.4. The van der Waals surface area contributed by atoms with Crippen LogP contribution in [0.1, 0.15) is 90.4 Å². The van der Waals surface area contributed by atoms with Crippen molar-refractivity contribution in [3.8, 4) is 0 Å². The summed E-state index contributed by atoms with van der Waals surface area (Å²) in [4.78, 5) is 32.2. The van der Waals surface area contributed by atoms with Gasteiger partial charge in [-0.3, -0.25) is 19.3 Å². The molecule has 3 heterocycles. The summed E-state index contributed by atoms with van der Waals surface area (Å²) in [6, 6.07) is 1.84. The van der Waals surface area contributed by atoms with Gasteiger partial charge in [-0.1, -0.05) is 39.0 Å². The average Bonchev–Trinajstić information content (AvgIpc) is 3.23. The van der Waals surface area contributed by atoms with Gasteiger partial charge in [-0.25, -0.2) is 0 Å².